The third-order valence-electron chi connectivity index (χ3n) is 5.39. The van der Waals surface area contributed by atoms with Gasteiger partial charge in [0.1, 0.15) is 23.0 Å². The monoisotopic (exact) mass is 477 g/mol. The average molecular weight is 478 g/mol. The second-order valence-electron chi connectivity index (χ2n) is 8.88. The molecule has 33 heavy (non-hydrogen) atoms. The first-order valence-electron chi connectivity index (χ1n) is 10.7. The van der Waals surface area contributed by atoms with Crippen molar-refractivity contribution in [2.45, 2.75) is 57.2 Å². The Labute approximate surface area is 194 Å². The van der Waals surface area contributed by atoms with E-state index in [1.54, 1.807) is 54.2 Å². The zero-order chi connectivity index (χ0) is 23.8. The fourth-order valence-electron chi connectivity index (χ4n) is 3.73. The van der Waals surface area contributed by atoms with Crippen LogP contribution >= 0.6 is 11.3 Å². The first-order chi connectivity index (χ1) is 15.6. The number of aromatic nitrogens is 5. The van der Waals surface area contributed by atoms with Gasteiger partial charge in [0.25, 0.3) is 5.91 Å². The lowest BCUT2D eigenvalue weighted by Crippen LogP contribution is -2.32. The maximum absolute atomic E-state index is 13.9. The number of hydrogen-bond donors (Lipinski definition) is 3. The number of nitrogens with two attached hydrogens (primary N) is 1. The van der Waals surface area contributed by atoms with Crippen LogP contribution in [0.15, 0.2) is 24.0 Å². The Balaban J connectivity index is 1.48. The van der Waals surface area contributed by atoms with E-state index in [-0.39, 0.29) is 18.2 Å². The second kappa shape index (κ2) is 9.29. The summed E-state index contributed by atoms with van der Waals surface area (Å²) < 4.78 is 22.9. The standard InChI is InChI=1S/C21H28FN7O3S/c1-21(2,31)11-29-8-12(6-25-29)20-27-16(10-33-20)19(30)26-15-7-24-28(3)18(15)17-5-4-14(23)13(22)9-32-17/h6-8,10,13-14,17,31H,4-5,9,11,23H2,1-3H3,(H,26,30)/t13-,14-,17+/m1/s1. The Morgan fingerprint density at radius 2 is 2.18 bits per heavy atom. The minimum Gasteiger partial charge on any atom is -0.389 e. The van der Waals surface area contributed by atoms with Gasteiger partial charge in [-0.2, -0.15) is 10.2 Å². The van der Waals surface area contributed by atoms with E-state index in [4.69, 9.17) is 10.5 Å². The molecule has 4 heterocycles. The van der Waals surface area contributed by atoms with Crippen molar-refractivity contribution in [3.05, 3.63) is 35.4 Å². The topological polar surface area (TPSA) is 133 Å². The van der Waals surface area contributed by atoms with Gasteiger partial charge in [-0.25, -0.2) is 9.37 Å². The van der Waals surface area contributed by atoms with Gasteiger partial charge in [-0.3, -0.25) is 14.2 Å². The minimum atomic E-state index is -1.22. The van der Waals surface area contributed by atoms with Crippen LogP contribution in [-0.4, -0.2) is 60.0 Å². The molecule has 1 aliphatic rings. The summed E-state index contributed by atoms with van der Waals surface area (Å²) in [5.41, 5.74) is 7.11. The summed E-state index contributed by atoms with van der Waals surface area (Å²) in [6, 6.07) is -0.567. The lowest BCUT2D eigenvalue weighted by Gasteiger charge is -2.17. The van der Waals surface area contributed by atoms with Gasteiger partial charge in [-0.15, -0.1) is 11.3 Å². The highest BCUT2D eigenvalue weighted by atomic mass is 32.1. The van der Waals surface area contributed by atoms with Crippen LogP contribution < -0.4 is 11.1 Å². The molecule has 12 heteroatoms. The highest BCUT2D eigenvalue weighted by molar-refractivity contribution is 7.13. The van der Waals surface area contributed by atoms with Crippen LogP contribution in [0.4, 0.5) is 10.1 Å². The van der Waals surface area contributed by atoms with Gasteiger partial charge in [-0.05, 0) is 26.7 Å². The third kappa shape index (κ3) is 5.46. The molecule has 0 bridgehead atoms. The van der Waals surface area contributed by atoms with Crippen LogP contribution in [0.5, 0.6) is 0 Å². The van der Waals surface area contributed by atoms with Crippen molar-refractivity contribution >= 4 is 22.9 Å². The number of halogens is 1. The molecular formula is C21H28FN7O3S. The zero-order valence-electron chi connectivity index (χ0n) is 18.7. The summed E-state index contributed by atoms with van der Waals surface area (Å²) in [5.74, 6) is -0.385. The third-order valence-corrected chi connectivity index (χ3v) is 6.28. The lowest BCUT2D eigenvalue weighted by atomic mass is 10.0. The molecule has 178 valence electrons. The molecule has 1 aliphatic heterocycles. The normalized spacial score (nSPS) is 21.7. The number of rotatable bonds is 6. The molecule has 1 fully saturated rings. The van der Waals surface area contributed by atoms with Crippen LogP contribution in [0.2, 0.25) is 0 Å². The second-order valence-corrected chi connectivity index (χ2v) is 9.74. The number of hydrogen-bond acceptors (Lipinski definition) is 8. The van der Waals surface area contributed by atoms with Crippen molar-refractivity contribution in [2.75, 3.05) is 11.9 Å². The van der Waals surface area contributed by atoms with E-state index in [0.717, 1.165) is 5.56 Å². The van der Waals surface area contributed by atoms with Gasteiger partial charge in [0.15, 0.2) is 0 Å². The lowest BCUT2D eigenvalue weighted by molar-refractivity contribution is 0.0247. The van der Waals surface area contributed by atoms with Gasteiger partial charge in [0.05, 0.1) is 42.5 Å². The maximum atomic E-state index is 13.9. The maximum Gasteiger partial charge on any atom is 0.275 e. The summed E-state index contributed by atoms with van der Waals surface area (Å²) in [4.78, 5) is 17.3. The van der Waals surface area contributed by atoms with Gasteiger partial charge in [-0.1, -0.05) is 0 Å². The number of nitrogens with one attached hydrogen (secondary N) is 1. The van der Waals surface area contributed by atoms with E-state index >= 15 is 0 Å². The first kappa shape index (κ1) is 23.5. The number of nitrogens with zero attached hydrogens (tertiary/aromatic N) is 5. The summed E-state index contributed by atoms with van der Waals surface area (Å²) in [6.45, 7) is 3.66. The fraction of sp³-hybridized carbons (Fsp3) is 0.524. The highest BCUT2D eigenvalue weighted by Gasteiger charge is 2.30. The molecule has 0 saturated carbocycles. The number of aryl methyl sites for hydroxylation is 1. The number of amides is 1. The smallest absolute Gasteiger partial charge is 0.275 e. The Kier molecular flexibility index (Phi) is 6.61. The summed E-state index contributed by atoms with van der Waals surface area (Å²) in [6.07, 6.45) is 4.33. The largest absolute Gasteiger partial charge is 0.389 e. The molecule has 0 aromatic carbocycles. The van der Waals surface area contributed by atoms with E-state index in [0.29, 0.717) is 35.8 Å². The number of alkyl halides is 1. The van der Waals surface area contributed by atoms with Crippen LogP contribution in [-0.2, 0) is 18.3 Å². The van der Waals surface area contributed by atoms with Crippen molar-refractivity contribution < 1.29 is 19.0 Å². The molecule has 4 rings (SSSR count). The molecule has 3 atom stereocenters. The van der Waals surface area contributed by atoms with Crippen molar-refractivity contribution in [3.63, 3.8) is 0 Å². The first-order valence-corrected chi connectivity index (χ1v) is 11.5. The number of thiazole rings is 1. The molecule has 0 aliphatic carbocycles. The molecule has 3 aromatic heterocycles. The molecule has 4 N–H and O–H groups in total. The Bertz CT molecular complexity index is 1110. The van der Waals surface area contributed by atoms with Crippen LogP contribution in [0.25, 0.3) is 10.6 Å². The molecule has 0 spiro atoms. The number of anilines is 1. The number of carbonyl (C=O) groups excluding carboxylic acids is 1. The Morgan fingerprint density at radius 3 is 2.94 bits per heavy atom. The predicted molar refractivity (Wildman–Crippen MR) is 122 cm³/mol. The molecule has 0 unspecified atom stereocenters. The van der Waals surface area contributed by atoms with Gasteiger partial charge in [0, 0.05) is 30.2 Å². The van der Waals surface area contributed by atoms with E-state index in [2.05, 4.69) is 20.5 Å². The van der Waals surface area contributed by atoms with Gasteiger partial charge >= 0.3 is 0 Å². The molecule has 1 saturated heterocycles. The number of aliphatic hydroxyl groups is 1. The molecule has 3 aromatic rings. The Morgan fingerprint density at radius 1 is 1.39 bits per heavy atom. The number of carbonyl (C=O) groups is 1. The van der Waals surface area contributed by atoms with Gasteiger partial charge < -0.3 is 20.9 Å². The van der Waals surface area contributed by atoms with Crippen LogP contribution in [0, 0.1) is 0 Å². The quantitative estimate of drug-likeness (QED) is 0.496. The summed E-state index contributed by atoms with van der Waals surface area (Å²) in [5, 5.41) is 23.6. The Hall–Kier alpha value is -2.67. The van der Waals surface area contributed by atoms with Crippen LogP contribution in [0.1, 0.15) is 49.0 Å². The van der Waals surface area contributed by atoms with E-state index < -0.39 is 23.9 Å². The molecule has 10 nitrogen and oxygen atoms in total. The fourth-order valence-corrected chi connectivity index (χ4v) is 4.51. The van der Waals surface area contributed by atoms with Crippen molar-refractivity contribution in [2.24, 2.45) is 12.8 Å². The average Bonchev–Trinajstić information content (AvgIpc) is 3.45. The molecule has 0 radical (unpaired) electrons. The van der Waals surface area contributed by atoms with Crippen LogP contribution in [0.3, 0.4) is 0 Å². The van der Waals surface area contributed by atoms with E-state index in [1.165, 1.54) is 11.3 Å². The minimum absolute atomic E-state index is 0.0962. The summed E-state index contributed by atoms with van der Waals surface area (Å²) >= 11 is 1.32. The highest BCUT2D eigenvalue weighted by Crippen LogP contribution is 2.33. The van der Waals surface area contributed by atoms with Crippen molar-refractivity contribution in [1.29, 1.82) is 0 Å². The van der Waals surface area contributed by atoms with E-state index in [9.17, 15) is 14.3 Å². The molecular weight excluding hydrogens is 449 g/mol. The molecule has 1 amide bonds. The van der Waals surface area contributed by atoms with Crippen molar-refractivity contribution in [1.82, 2.24) is 24.5 Å². The van der Waals surface area contributed by atoms with Gasteiger partial charge in [0.2, 0.25) is 0 Å². The number of ether oxygens (including phenoxy) is 1. The zero-order valence-corrected chi connectivity index (χ0v) is 19.5. The summed E-state index contributed by atoms with van der Waals surface area (Å²) in [7, 11) is 1.75. The SMILES string of the molecule is Cn1ncc(NC(=O)c2csc(-c3cnn(CC(C)(C)O)c3)n2)c1[C@@H]1CC[C@@H](N)[C@H](F)CO1. The predicted octanol–water partition coefficient (Wildman–Crippen LogP) is 2.28. The van der Waals surface area contributed by atoms with Crippen molar-refractivity contribution in [3.8, 4) is 10.6 Å². The van der Waals surface area contributed by atoms with E-state index in [1.807, 2.05) is 0 Å².